The van der Waals surface area contributed by atoms with Crippen molar-refractivity contribution in [1.82, 2.24) is 4.90 Å². The summed E-state index contributed by atoms with van der Waals surface area (Å²) >= 11 is 0. The molecule has 0 spiro atoms. The molecule has 2 rings (SSSR count). The fourth-order valence-corrected chi connectivity index (χ4v) is 1.88. The molecule has 1 aliphatic heterocycles. The molecule has 1 aliphatic rings. The molecule has 1 aromatic carbocycles. The van der Waals surface area contributed by atoms with Gasteiger partial charge in [0.15, 0.2) is 0 Å². The fourth-order valence-electron chi connectivity index (χ4n) is 1.88. The lowest BCUT2D eigenvalue weighted by molar-refractivity contribution is -0.147. The first-order valence-corrected chi connectivity index (χ1v) is 5.63. The standard InChI is InChI=1S/C12H12FN3O3/c13-8-1-3-9(4-2-8)16-6-5-15(7-10(14)17)11(18)12(16)19/h1-4H,5-7H2,(H2,14,17). The van der Waals surface area contributed by atoms with Crippen LogP contribution in [0.2, 0.25) is 0 Å². The predicted molar refractivity (Wildman–Crippen MR) is 64.5 cm³/mol. The third kappa shape index (κ3) is 2.70. The first kappa shape index (κ1) is 13.0. The van der Waals surface area contributed by atoms with Gasteiger partial charge in [-0.3, -0.25) is 14.4 Å². The van der Waals surface area contributed by atoms with Crippen LogP contribution in [0, 0.1) is 5.82 Å². The number of carbonyl (C=O) groups excluding carboxylic acids is 3. The molecule has 0 radical (unpaired) electrons. The monoisotopic (exact) mass is 265 g/mol. The molecule has 0 bridgehead atoms. The molecule has 7 heteroatoms. The van der Waals surface area contributed by atoms with Crippen molar-refractivity contribution in [3.8, 4) is 0 Å². The molecule has 100 valence electrons. The maximum atomic E-state index is 12.8. The molecule has 1 heterocycles. The number of hydrogen-bond acceptors (Lipinski definition) is 3. The number of anilines is 1. The summed E-state index contributed by atoms with van der Waals surface area (Å²) in [6.45, 7) is 0.177. The van der Waals surface area contributed by atoms with E-state index in [-0.39, 0.29) is 19.6 Å². The molecule has 0 unspecified atom stereocenters. The van der Waals surface area contributed by atoms with Gasteiger partial charge in [-0.2, -0.15) is 0 Å². The Bertz CT molecular complexity index is 530. The van der Waals surface area contributed by atoms with Crippen molar-refractivity contribution in [2.24, 2.45) is 5.73 Å². The van der Waals surface area contributed by atoms with Crippen LogP contribution in [0.1, 0.15) is 0 Å². The molecule has 0 saturated carbocycles. The zero-order chi connectivity index (χ0) is 14.0. The lowest BCUT2D eigenvalue weighted by Crippen LogP contribution is -2.56. The molecule has 2 N–H and O–H groups in total. The van der Waals surface area contributed by atoms with Crippen molar-refractivity contribution < 1.29 is 18.8 Å². The molecular formula is C12H12FN3O3. The van der Waals surface area contributed by atoms with E-state index < -0.39 is 23.5 Å². The minimum Gasteiger partial charge on any atom is -0.368 e. The first-order chi connectivity index (χ1) is 8.99. The molecule has 1 saturated heterocycles. The molecule has 19 heavy (non-hydrogen) atoms. The summed E-state index contributed by atoms with van der Waals surface area (Å²) in [6.07, 6.45) is 0. The lowest BCUT2D eigenvalue weighted by atomic mass is 10.2. The molecule has 3 amide bonds. The average molecular weight is 265 g/mol. The predicted octanol–water partition coefficient (Wildman–Crippen LogP) is -0.514. The van der Waals surface area contributed by atoms with Crippen molar-refractivity contribution >= 4 is 23.4 Å². The average Bonchev–Trinajstić information content (AvgIpc) is 2.36. The zero-order valence-electron chi connectivity index (χ0n) is 10.0. The summed E-state index contributed by atoms with van der Waals surface area (Å²) in [5, 5.41) is 0. The van der Waals surface area contributed by atoms with Crippen molar-refractivity contribution in [1.29, 1.82) is 0 Å². The number of primary amides is 1. The Balaban J connectivity index is 2.15. The number of piperazine rings is 1. The molecule has 0 atom stereocenters. The number of hydrogen-bond donors (Lipinski definition) is 1. The third-order valence-corrected chi connectivity index (χ3v) is 2.79. The maximum absolute atomic E-state index is 12.8. The molecule has 0 aliphatic carbocycles. The molecule has 1 fully saturated rings. The van der Waals surface area contributed by atoms with Crippen LogP contribution < -0.4 is 10.6 Å². The number of halogens is 1. The van der Waals surface area contributed by atoms with Gasteiger partial charge in [0.2, 0.25) is 5.91 Å². The van der Waals surface area contributed by atoms with Gasteiger partial charge < -0.3 is 15.5 Å². The van der Waals surface area contributed by atoms with Gasteiger partial charge in [-0.25, -0.2) is 4.39 Å². The highest BCUT2D eigenvalue weighted by Crippen LogP contribution is 2.18. The summed E-state index contributed by atoms with van der Waals surface area (Å²) in [5.41, 5.74) is 5.44. The fraction of sp³-hybridized carbons (Fsp3) is 0.250. The first-order valence-electron chi connectivity index (χ1n) is 5.63. The minimum absolute atomic E-state index is 0.213. The largest absolute Gasteiger partial charge is 0.368 e. The highest BCUT2D eigenvalue weighted by molar-refractivity contribution is 6.41. The van der Waals surface area contributed by atoms with Crippen LogP contribution >= 0.6 is 0 Å². The topological polar surface area (TPSA) is 83.7 Å². The number of amides is 3. The smallest absolute Gasteiger partial charge is 0.316 e. The lowest BCUT2D eigenvalue weighted by Gasteiger charge is -2.33. The van der Waals surface area contributed by atoms with Gasteiger partial charge in [0.05, 0.1) is 6.54 Å². The molecular weight excluding hydrogens is 253 g/mol. The van der Waals surface area contributed by atoms with Crippen LogP contribution in [0.3, 0.4) is 0 Å². The van der Waals surface area contributed by atoms with Crippen LogP contribution in [0.5, 0.6) is 0 Å². The van der Waals surface area contributed by atoms with Crippen LogP contribution in [0.15, 0.2) is 24.3 Å². The Hall–Kier alpha value is -2.44. The van der Waals surface area contributed by atoms with Crippen molar-refractivity contribution in [3.63, 3.8) is 0 Å². The Morgan fingerprint density at radius 3 is 2.37 bits per heavy atom. The second-order valence-corrected chi connectivity index (χ2v) is 4.13. The van der Waals surface area contributed by atoms with Crippen LogP contribution in [-0.4, -0.2) is 42.3 Å². The van der Waals surface area contributed by atoms with Gasteiger partial charge in [0, 0.05) is 18.8 Å². The van der Waals surface area contributed by atoms with Crippen molar-refractivity contribution in [3.05, 3.63) is 30.1 Å². The number of benzene rings is 1. The third-order valence-electron chi connectivity index (χ3n) is 2.79. The molecule has 1 aromatic rings. The van der Waals surface area contributed by atoms with Crippen molar-refractivity contribution in [2.75, 3.05) is 24.5 Å². The van der Waals surface area contributed by atoms with E-state index in [1.807, 2.05) is 0 Å². The Labute approximate surface area is 108 Å². The van der Waals surface area contributed by atoms with Gasteiger partial charge in [-0.1, -0.05) is 0 Å². The van der Waals surface area contributed by atoms with Crippen LogP contribution in [0.4, 0.5) is 10.1 Å². The van der Waals surface area contributed by atoms with E-state index in [1.165, 1.54) is 29.2 Å². The van der Waals surface area contributed by atoms with E-state index in [9.17, 15) is 18.8 Å². The second kappa shape index (κ2) is 5.05. The van der Waals surface area contributed by atoms with Gasteiger partial charge in [-0.05, 0) is 24.3 Å². The molecule has 6 nitrogen and oxygen atoms in total. The normalized spacial score (nSPS) is 15.8. The SMILES string of the molecule is NC(=O)CN1CCN(c2ccc(F)cc2)C(=O)C1=O. The van der Waals surface area contributed by atoms with Gasteiger partial charge in [0.1, 0.15) is 5.82 Å². The zero-order valence-corrected chi connectivity index (χ0v) is 10.0. The van der Waals surface area contributed by atoms with E-state index in [0.717, 1.165) is 4.90 Å². The number of nitrogens with two attached hydrogens (primary N) is 1. The summed E-state index contributed by atoms with van der Waals surface area (Å²) in [5.74, 6) is -2.63. The van der Waals surface area contributed by atoms with Crippen LogP contribution in [-0.2, 0) is 14.4 Å². The summed E-state index contributed by atoms with van der Waals surface area (Å²) in [6, 6.07) is 5.26. The quantitative estimate of drug-likeness (QED) is 0.747. The summed E-state index contributed by atoms with van der Waals surface area (Å²) in [7, 11) is 0. The number of carbonyl (C=O) groups is 3. The van der Waals surface area contributed by atoms with E-state index in [4.69, 9.17) is 5.73 Å². The van der Waals surface area contributed by atoms with E-state index >= 15 is 0 Å². The Kier molecular flexibility index (Phi) is 3.46. The Morgan fingerprint density at radius 1 is 1.16 bits per heavy atom. The highest BCUT2D eigenvalue weighted by Gasteiger charge is 2.33. The molecule has 0 aromatic heterocycles. The second-order valence-electron chi connectivity index (χ2n) is 4.13. The number of rotatable bonds is 3. The van der Waals surface area contributed by atoms with Gasteiger partial charge in [0.25, 0.3) is 0 Å². The van der Waals surface area contributed by atoms with Gasteiger partial charge >= 0.3 is 11.8 Å². The van der Waals surface area contributed by atoms with E-state index in [1.54, 1.807) is 0 Å². The van der Waals surface area contributed by atoms with E-state index in [2.05, 4.69) is 0 Å². The highest BCUT2D eigenvalue weighted by atomic mass is 19.1. The van der Waals surface area contributed by atoms with E-state index in [0.29, 0.717) is 5.69 Å². The number of nitrogens with zero attached hydrogens (tertiary/aromatic N) is 2. The van der Waals surface area contributed by atoms with Crippen molar-refractivity contribution in [2.45, 2.75) is 0 Å². The summed E-state index contributed by atoms with van der Waals surface area (Å²) < 4.78 is 12.8. The minimum atomic E-state index is -0.783. The summed E-state index contributed by atoms with van der Waals surface area (Å²) in [4.78, 5) is 36.8. The Morgan fingerprint density at radius 2 is 1.79 bits per heavy atom. The van der Waals surface area contributed by atoms with Crippen LogP contribution in [0.25, 0.3) is 0 Å². The maximum Gasteiger partial charge on any atom is 0.316 e. The van der Waals surface area contributed by atoms with Gasteiger partial charge in [-0.15, -0.1) is 0 Å².